The molecule has 0 fully saturated rings. The molecule has 0 unspecified atom stereocenters. The van der Waals surface area contributed by atoms with E-state index < -0.39 is 4.92 Å². The molecular weight excluding hydrogens is 316 g/mol. The number of carbonyl (C=O) groups is 1. The minimum atomic E-state index is -0.435. The molecule has 0 heterocycles. The van der Waals surface area contributed by atoms with E-state index in [0.29, 0.717) is 11.1 Å². The minimum absolute atomic E-state index is 0.0117. The van der Waals surface area contributed by atoms with Crippen LogP contribution in [0.4, 0.5) is 11.4 Å². The Labute approximate surface area is 145 Å². The summed E-state index contributed by atoms with van der Waals surface area (Å²) >= 11 is 0. The van der Waals surface area contributed by atoms with Crippen molar-refractivity contribution >= 4 is 17.3 Å². The van der Waals surface area contributed by atoms with Crippen LogP contribution in [0.3, 0.4) is 0 Å². The van der Waals surface area contributed by atoms with Gasteiger partial charge in [-0.15, -0.1) is 0 Å². The number of carbonyl (C=O) groups excluding carboxylic acids is 1. The van der Waals surface area contributed by atoms with Gasteiger partial charge in [0.15, 0.2) is 0 Å². The summed E-state index contributed by atoms with van der Waals surface area (Å²) in [5.74, 6) is -0.154. The first-order valence-electron chi connectivity index (χ1n) is 7.80. The second-order valence-electron chi connectivity index (χ2n) is 5.52. The lowest BCUT2D eigenvalue weighted by molar-refractivity contribution is -0.384. The Balaban J connectivity index is 1.96. The zero-order chi connectivity index (χ0) is 17.6. The highest BCUT2D eigenvalue weighted by molar-refractivity contribution is 6.05. The fourth-order valence-electron chi connectivity index (χ4n) is 2.58. The van der Waals surface area contributed by atoms with Crippen LogP contribution in [0.1, 0.15) is 15.9 Å². The van der Waals surface area contributed by atoms with E-state index in [1.165, 1.54) is 12.1 Å². The average molecular weight is 332 g/mol. The number of hydrogen-bond donors (Lipinski definition) is 0. The van der Waals surface area contributed by atoms with Crippen molar-refractivity contribution in [2.75, 3.05) is 4.90 Å². The number of amides is 1. The van der Waals surface area contributed by atoms with Crippen LogP contribution in [0.5, 0.6) is 0 Å². The Hall–Kier alpha value is -3.47. The lowest BCUT2D eigenvalue weighted by Crippen LogP contribution is -2.30. The molecule has 25 heavy (non-hydrogen) atoms. The molecule has 0 bridgehead atoms. The molecule has 3 rings (SSSR count). The van der Waals surface area contributed by atoms with Crippen LogP contribution >= 0.6 is 0 Å². The summed E-state index contributed by atoms with van der Waals surface area (Å²) in [6.45, 7) is 0.249. The number of rotatable bonds is 5. The second kappa shape index (κ2) is 7.40. The first kappa shape index (κ1) is 16.4. The quantitative estimate of drug-likeness (QED) is 0.512. The molecular formula is C20H16N2O3. The Bertz CT molecular complexity index is 880. The topological polar surface area (TPSA) is 63.5 Å². The van der Waals surface area contributed by atoms with Crippen molar-refractivity contribution in [2.24, 2.45) is 0 Å². The maximum absolute atomic E-state index is 13.0. The molecule has 3 aromatic rings. The van der Waals surface area contributed by atoms with Crippen LogP contribution in [-0.4, -0.2) is 10.8 Å². The largest absolute Gasteiger partial charge is 0.304 e. The number of anilines is 1. The number of benzene rings is 3. The molecule has 5 heteroatoms. The van der Waals surface area contributed by atoms with Gasteiger partial charge in [-0.25, -0.2) is 0 Å². The molecule has 3 aromatic carbocycles. The van der Waals surface area contributed by atoms with E-state index in [1.54, 1.807) is 29.2 Å². The molecule has 0 radical (unpaired) electrons. The maximum atomic E-state index is 13.0. The predicted octanol–water partition coefficient (Wildman–Crippen LogP) is 4.44. The summed E-state index contributed by atoms with van der Waals surface area (Å²) in [4.78, 5) is 25.1. The van der Waals surface area contributed by atoms with Gasteiger partial charge in [-0.2, -0.15) is 0 Å². The number of nitrogens with zero attached hydrogens (tertiary/aromatic N) is 2. The van der Waals surface area contributed by atoms with Gasteiger partial charge in [0, 0.05) is 23.4 Å². The van der Waals surface area contributed by atoms with E-state index in [0.717, 1.165) is 5.69 Å². The smallest absolute Gasteiger partial charge is 0.269 e. The zero-order valence-electron chi connectivity index (χ0n) is 13.4. The van der Waals surface area contributed by atoms with Gasteiger partial charge >= 0.3 is 0 Å². The van der Waals surface area contributed by atoms with E-state index in [2.05, 4.69) is 0 Å². The van der Waals surface area contributed by atoms with Gasteiger partial charge in [-0.3, -0.25) is 14.9 Å². The summed E-state index contributed by atoms with van der Waals surface area (Å²) in [5.41, 5.74) is 2.01. The minimum Gasteiger partial charge on any atom is -0.304 e. The highest BCUT2D eigenvalue weighted by Crippen LogP contribution is 2.22. The third kappa shape index (κ3) is 3.90. The molecule has 0 N–H and O–H groups in total. The van der Waals surface area contributed by atoms with Crippen LogP contribution in [0.15, 0.2) is 84.9 Å². The van der Waals surface area contributed by atoms with Crippen molar-refractivity contribution in [1.29, 1.82) is 0 Å². The number of nitro benzene ring substituents is 1. The lowest BCUT2D eigenvalue weighted by Gasteiger charge is -2.23. The molecule has 1 amide bonds. The van der Waals surface area contributed by atoms with Gasteiger partial charge in [-0.1, -0.05) is 48.5 Å². The van der Waals surface area contributed by atoms with E-state index in [9.17, 15) is 14.9 Å². The number of para-hydroxylation sites is 1. The molecule has 0 aliphatic heterocycles. The summed E-state index contributed by atoms with van der Waals surface area (Å²) in [5, 5.41) is 11.0. The van der Waals surface area contributed by atoms with E-state index in [1.807, 2.05) is 48.5 Å². The van der Waals surface area contributed by atoms with E-state index >= 15 is 0 Å². The molecule has 0 aromatic heterocycles. The van der Waals surface area contributed by atoms with Crippen molar-refractivity contribution < 1.29 is 9.72 Å². The summed E-state index contributed by atoms with van der Waals surface area (Å²) in [7, 11) is 0. The van der Waals surface area contributed by atoms with Gasteiger partial charge < -0.3 is 4.90 Å². The number of hydrogen-bond acceptors (Lipinski definition) is 3. The van der Waals surface area contributed by atoms with Gasteiger partial charge in [0.1, 0.15) is 0 Å². The average Bonchev–Trinajstić information content (AvgIpc) is 2.67. The Morgan fingerprint density at radius 2 is 1.52 bits per heavy atom. The van der Waals surface area contributed by atoms with Crippen LogP contribution in [0.25, 0.3) is 0 Å². The highest BCUT2D eigenvalue weighted by Gasteiger charge is 2.18. The zero-order valence-corrected chi connectivity index (χ0v) is 13.4. The highest BCUT2D eigenvalue weighted by atomic mass is 16.6. The van der Waals surface area contributed by atoms with Crippen LogP contribution in [-0.2, 0) is 6.54 Å². The van der Waals surface area contributed by atoms with Crippen molar-refractivity contribution in [2.45, 2.75) is 6.54 Å². The van der Waals surface area contributed by atoms with Gasteiger partial charge in [-0.05, 0) is 29.8 Å². The van der Waals surface area contributed by atoms with Crippen molar-refractivity contribution in [3.8, 4) is 0 Å². The van der Waals surface area contributed by atoms with Gasteiger partial charge in [0.25, 0.3) is 11.6 Å². The molecule has 0 aliphatic rings. The van der Waals surface area contributed by atoms with Crippen LogP contribution in [0, 0.1) is 10.1 Å². The Kier molecular flexibility index (Phi) is 4.85. The normalized spacial score (nSPS) is 10.2. The Morgan fingerprint density at radius 1 is 0.880 bits per heavy atom. The van der Waals surface area contributed by atoms with Crippen LogP contribution < -0.4 is 4.90 Å². The maximum Gasteiger partial charge on any atom is 0.269 e. The van der Waals surface area contributed by atoms with Gasteiger partial charge in [0.2, 0.25) is 0 Å². The molecule has 0 spiro atoms. The molecule has 5 nitrogen and oxygen atoms in total. The van der Waals surface area contributed by atoms with Gasteiger partial charge in [0.05, 0.1) is 11.5 Å². The fraction of sp³-hybridized carbons (Fsp3) is 0.0500. The summed E-state index contributed by atoms with van der Waals surface area (Å²) in [6, 6.07) is 24.6. The molecule has 0 atom stereocenters. The number of non-ortho nitro benzene ring substituents is 1. The molecule has 0 saturated carbocycles. The first-order valence-corrected chi connectivity index (χ1v) is 7.80. The first-order chi connectivity index (χ1) is 12.1. The summed E-state index contributed by atoms with van der Waals surface area (Å²) in [6.07, 6.45) is 0. The molecule has 0 aliphatic carbocycles. The lowest BCUT2D eigenvalue weighted by atomic mass is 10.1. The van der Waals surface area contributed by atoms with E-state index in [-0.39, 0.29) is 18.1 Å². The molecule has 124 valence electrons. The van der Waals surface area contributed by atoms with Crippen LogP contribution in [0.2, 0.25) is 0 Å². The third-order valence-electron chi connectivity index (χ3n) is 3.80. The fourth-order valence-corrected chi connectivity index (χ4v) is 2.58. The monoisotopic (exact) mass is 332 g/mol. The van der Waals surface area contributed by atoms with Crippen molar-refractivity contribution in [3.05, 3.63) is 106 Å². The van der Waals surface area contributed by atoms with Crippen molar-refractivity contribution in [3.63, 3.8) is 0 Å². The Morgan fingerprint density at radius 3 is 2.16 bits per heavy atom. The summed E-state index contributed by atoms with van der Waals surface area (Å²) < 4.78 is 0. The predicted molar refractivity (Wildman–Crippen MR) is 96.5 cm³/mol. The van der Waals surface area contributed by atoms with E-state index in [4.69, 9.17) is 0 Å². The molecule has 0 saturated heterocycles. The number of nitro groups is 1. The third-order valence-corrected chi connectivity index (χ3v) is 3.80. The van der Waals surface area contributed by atoms with Crippen molar-refractivity contribution in [1.82, 2.24) is 0 Å². The standard InChI is InChI=1S/C20H16N2O3/c23-20(17-9-3-1-4-10-17)21(18-11-5-2-6-12-18)15-16-8-7-13-19(14-16)22(24)25/h1-14H,15H2. The second-order valence-corrected chi connectivity index (χ2v) is 5.52. The SMILES string of the molecule is O=C(c1ccccc1)N(Cc1cccc([N+](=O)[O-])c1)c1ccccc1.